The highest BCUT2D eigenvalue weighted by Gasteiger charge is 2.19. The third kappa shape index (κ3) is 7.00. The van der Waals surface area contributed by atoms with Gasteiger partial charge in [0.15, 0.2) is 5.96 Å². The van der Waals surface area contributed by atoms with Crippen LogP contribution >= 0.6 is 35.3 Å². The molecule has 1 fully saturated rings. The van der Waals surface area contributed by atoms with E-state index < -0.39 is 0 Å². The van der Waals surface area contributed by atoms with Gasteiger partial charge in [0.2, 0.25) is 0 Å². The maximum atomic E-state index is 4.86. The molecule has 1 saturated heterocycles. The number of guanidine groups is 1. The lowest BCUT2D eigenvalue weighted by atomic mass is 10.2. The van der Waals surface area contributed by atoms with Crippen molar-refractivity contribution in [2.45, 2.75) is 33.2 Å². The summed E-state index contributed by atoms with van der Waals surface area (Å²) in [5, 5.41) is 4.65. The van der Waals surface area contributed by atoms with Crippen LogP contribution in [0.2, 0.25) is 0 Å². The summed E-state index contributed by atoms with van der Waals surface area (Å²) >= 11 is 1.81. The molecule has 0 aliphatic carbocycles. The molecule has 0 saturated carbocycles. The Kier molecular flexibility index (Phi) is 10.2. The number of nitrogens with one attached hydrogen (secondary N) is 1. The van der Waals surface area contributed by atoms with Gasteiger partial charge in [-0.2, -0.15) is 0 Å². The Balaban J connectivity index is 0.00000280. The Bertz CT molecular complexity index is 711. The van der Waals surface area contributed by atoms with Crippen LogP contribution < -0.4 is 5.32 Å². The second kappa shape index (κ2) is 12.4. The van der Waals surface area contributed by atoms with Crippen molar-refractivity contribution in [1.82, 2.24) is 20.1 Å². The van der Waals surface area contributed by atoms with Gasteiger partial charge in [-0.05, 0) is 18.9 Å². The number of thiazole rings is 1. The van der Waals surface area contributed by atoms with E-state index >= 15 is 0 Å². The standard InChI is InChI=1S/C21H31N5S.HI/c1-3-19-16-24-20(27-19)10-11-23-21(22-4-2)26-14-12-25(13-15-26)17-18-8-6-5-7-9-18;/h5-9,16H,3-4,10-15,17H2,1-2H3,(H,22,23);1H. The number of piperazine rings is 1. The Hall–Kier alpha value is -1.19. The first-order chi connectivity index (χ1) is 13.3. The third-order valence-electron chi connectivity index (χ3n) is 4.79. The van der Waals surface area contributed by atoms with Crippen LogP contribution in [0.4, 0.5) is 0 Å². The number of hydrogen-bond acceptors (Lipinski definition) is 4. The molecule has 0 radical (unpaired) electrons. The normalized spacial score (nSPS) is 15.4. The van der Waals surface area contributed by atoms with E-state index in [2.05, 4.69) is 64.3 Å². The van der Waals surface area contributed by atoms with Crippen LogP contribution in [0.3, 0.4) is 0 Å². The number of halogens is 1. The van der Waals surface area contributed by atoms with Crippen LogP contribution in [0.25, 0.3) is 0 Å². The minimum atomic E-state index is 0. The molecule has 0 atom stereocenters. The summed E-state index contributed by atoms with van der Waals surface area (Å²) in [6.45, 7) is 11.2. The summed E-state index contributed by atoms with van der Waals surface area (Å²) in [7, 11) is 0. The Morgan fingerprint density at radius 1 is 1.14 bits per heavy atom. The average molecular weight is 513 g/mol. The number of aryl methyl sites for hydroxylation is 1. The van der Waals surface area contributed by atoms with Crippen molar-refractivity contribution in [2.75, 3.05) is 39.3 Å². The highest BCUT2D eigenvalue weighted by Crippen LogP contribution is 2.14. The van der Waals surface area contributed by atoms with Gasteiger partial charge in [-0.25, -0.2) is 4.98 Å². The molecule has 154 valence electrons. The minimum absolute atomic E-state index is 0. The van der Waals surface area contributed by atoms with Gasteiger partial charge in [0.1, 0.15) is 0 Å². The largest absolute Gasteiger partial charge is 0.357 e. The summed E-state index contributed by atoms with van der Waals surface area (Å²) in [4.78, 5) is 15.6. The van der Waals surface area contributed by atoms with E-state index in [0.29, 0.717) is 0 Å². The van der Waals surface area contributed by atoms with Crippen molar-refractivity contribution in [3.05, 3.63) is 52.0 Å². The van der Waals surface area contributed by atoms with Crippen molar-refractivity contribution in [2.24, 2.45) is 4.99 Å². The number of benzene rings is 1. The zero-order valence-corrected chi connectivity index (χ0v) is 20.1. The van der Waals surface area contributed by atoms with E-state index in [4.69, 9.17) is 4.99 Å². The molecule has 0 unspecified atom stereocenters. The number of hydrogen-bond donors (Lipinski definition) is 1. The summed E-state index contributed by atoms with van der Waals surface area (Å²) in [6.07, 6.45) is 3.99. The monoisotopic (exact) mass is 513 g/mol. The molecule has 1 aliphatic rings. The minimum Gasteiger partial charge on any atom is -0.357 e. The number of aliphatic imine (C=N–C) groups is 1. The van der Waals surface area contributed by atoms with Gasteiger partial charge in [-0.3, -0.25) is 9.89 Å². The average Bonchev–Trinajstić information content (AvgIpc) is 3.17. The maximum Gasteiger partial charge on any atom is 0.194 e. The van der Waals surface area contributed by atoms with Crippen LogP contribution in [0.15, 0.2) is 41.5 Å². The van der Waals surface area contributed by atoms with Gasteiger partial charge in [-0.15, -0.1) is 35.3 Å². The van der Waals surface area contributed by atoms with Crippen LogP contribution in [0, 0.1) is 0 Å². The Morgan fingerprint density at radius 2 is 1.89 bits per heavy atom. The molecular formula is C21H32IN5S. The highest BCUT2D eigenvalue weighted by molar-refractivity contribution is 14.0. The molecule has 5 nitrogen and oxygen atoms in total. The Labute approximate surface area is 190 Å². The van der Waals surface area contributed by atoms with Crippen molar-refractivity contribution >= 4 is 41.3 Å². The molecule has 0 bridgehead atoms. The fourth-order valence-corrected chi connectivity index (χ4v) is 4.12. The lowest BCUT2D eigenvalue weighted by Crippen LogP contribution is -2.52. The summed E-state index contributed by atoms with van der Waals surface area (Å²) in [5.41, 5.74) is 1.39. The third-order valence-corrected chi connectivity index (χ3v) is 5.99. The molecule has 28 heavy (non-hydrogen) atoms. The van der Waals surface area contributed by atoms with E-state index in [1.165, 1.54) is 15.4 Å². The fraction of sp³-hybridized carbons (Fsp3) is 0.524. The first-order valence-corrected chi connectivity index (χ1v) is 10.8. The fourth-order valence-electron chi connectivity index (χ4n) is 3.27. The number of nitrogens with zero attached hydrogens (tertiary/aromatic N) is 4. The lowest BCUT2D eigenvalue weighted by Gasteiger charge is -2.36. The van der Waals surface area contributed by atoms with E-state index in [1.807, 2.05) is 17.5 Å². The molecule has 1 aromatic heterocycles. The molecule has 2 heterocycles. The van der Waals surface area contributed by atoms with Crippen LogP contribution in [-0.4, -0.2) is 60.0 Å². The molecule has 1 aliphatic heterocycles. The first-order valence-electron chi connectivity index (χ1n) is 10.0. The zero-order valence-electron chi connectivity index (χ0n) is 16.9. The molecule has 0 amide bonds. The van der Waals surface area contributed by atoms with Gasteiger partial charge in [-0.1, -0.05) is 37.3 Å². The lowest BCUT2D eigenvalue weighted by molar-refractivity contribution is 0.172. The SMILES string of the molecule is CCNC(=NCCc1ncc(CC)s1)N1CCN(Cc2ccccc2)CC1.I. The summed E-state index contributed by atoms with van der Waals surface area (Å²) < 4.78 is 0. The number of rotatable bonds is 7. The van der Waals surface area contributed by atoms with Gasteiger partial charge >= 0.3 is 0 Å². The maximum absolute atomic E-state index is 4.86. The van der Waals surface area contributed by atoms with E-state index in [0.717, 1.165) is 64.6 Å². The second-order valence-corrected chi connectivity index (χ2v) is 8.01. The summed E-state index contributed by atoms with van der Waals surface area (Å²) in [6, 6.07) is 10.7. The van der Waals surface area contributed by atoms with Crippen LogP contribution in [0.1, 0.15) is 29.3 Å². The predicted molar refractivity (Wildman–Crippen MR) is 130 cm³/mol. The van der Waals surface area contributed by atoms with E-state index in [-0.39, 0.29) is 24.0 Å². The van der Waals surface area contributed by atoms with Crippen LogP contribution in [-0.2, 0) is 19.4 Å². The number of aromatic nitrogens is 1. The van der Waals surface area contributed by atoms with Gasteiger partial charge in [0, 0.05) is 63.3 Å². The Morgan fingerprint density at radius 3 is 2.54 bits per heavy atom. The molecule has 1 aromatic carbocycles. The van der Waals surface area contributed by atoms with Crippen molar-refractivity contribution in [1.29, 1.82) is 0 Å². The summed E-state index contributed by atoms with van der Waals surface area (Å²) in [5.74, 6) is 1.05. The topological polar surface area (TPSA) is 43.8 Å². The predicted octanol–water partition coefficient (Wildman–Crippen LogP) is 3.65. The molecule has 2 aromatic rings. The van der Waals surface area contributed by atoms with Gasteiger partial charge in [0.05, 0.1) is 5.01 Å². The molecular weight excluding hydrogens is 481 g/mol. The van der Waals surface area contributed by atoms with Crippen LogP contribution in [0.5, 0.6) is 0 Å². The first kappa shape index (κ1) is 23.1. The molecule has 0 spiro atoms. The van der Waals surface area contributed by atoms with Crippen molar-refractivity contribution < 1.29 is 0 Å². The van der Waals surface area contributed by atoms with Gasteiger partial charge in [0.25, 0.3) is 0 Å². The molecule has 7 heteroatoms. The van der Waals surface area contributed by atoms with E-state index in [1.54, 1.807) is 0 Å². The van der Waals surface area contributed by atoms with Crippen molar-refractivity contribution in [3.8, 4) is 0 Å². The van der Waals surface area contributed by atoms with E-state index in [9.17, 15) is 0 Å². The molecule has 1 N–H and O–H groups in total. The second-order valence-electron chi connectivity index (χ2n) is 6.81. The highest BCUT2D eigenvalue weighted by atomic mass is 127. The zero-order chi connectivity index (χ0) is 18.9. The van der Waals surface area contributed by atoms with Gasteiger partial charge < -0.3 is 10.2 Å². The molecule has 3 rings (SSSR count). The van der Waals surface area contributed by atoms with Crippen molar-refractivity contribution in [3.63, 3.8) is 0 Å². The smallest absolute Gasteiger partial charge is 0.194 e. The quantitative estimate of drug-likeness (QED) is 0.349.